The van der Waals surface area contributed by atoms with Crippen LogP contribution in [0.1, 0.15) is 80.1 Å². The maximum atomic E-state index is 13.2. The molecule has 0 saturated carbocycles. The third kappa shape index (κ3) is 6.35. The van der Waals surface area contributed by atoms with Crippen molar-refractivity contribution in [2.75, 3.05) is 19.7 Å². The molecule has 2 aromatic carbocycles. The van der Waals surface area contributed by atoms with Crippen LogP contribution in [-0.2, 0) is 14.2 Å². The van der Waals surface area contributed by atoms with Crippen LogP contribution in [0.4, 0.5) is 10.5 Å². The number of amides is 1. The van der Waals surface area contributed by atoms with Gasteiger partial charge in [-0.1, -0.05) is 0 Å². The van der Waals surface area contributed by atoms with Crippen molar-refractivity contribution in [3.63, 3.8) is 0 Å². The highest BCUT2D eigenvalue weighted by Gasteiger charge is 2.38. The highest BCUT2D eigenvalue weighted by atomic mass is 16.6. The second-order valence-corrected chi connectivity index (χ2v) is 11.7. The van der Waals surface area contributed by atoms with E-state index < -0.39 is 28.7 Å². The Bertz CT molecular complexity index is 1440. The van der Waals surface area contributed by atoms with Crippen LogP contribution in [-0.4, -0.2) is 63.1 Å². The van der Waals surface area contributed by atoms with Crippen molar-refractivity contribution >= 4 is 28.7 Å². The number of esters is 1. The Morgan fingerprint density at radius 1 is 1.12 bits per heavy atom. The van der Waals surface area contributed by atoms with E-state index in [4.69, 9.17) is 14.2 Å². The number of aromatic nitrogens is 2. The molecule has 3 aromatic rings. The van der Waals surface area contributed by atoms with Crippen molar-refractivity contribution < 1.29 is 28.7 Å². The molecule has 3 unspecified atom stereocenters. The van der Waals surface area contributed by atoms with E-state index in [2.05, 4.69) is 17.2 Å². The first-order valence-electron chi connectivity index (χ1n) is 14.0. The minimum atomic E-state index is -0.669. The SMILES string of the molecule is Cc1cc2cnn(C3CCCCO3)c2cc1C1CCN(C(=O)OC(C)(C)C)CC1OC(=O)c1ccc([N+](=O)[O-])cc1. The minimum Gasteiger partial charge on any atom is -0.456 e. The van der Waals surface area contributed by atoms with Crippen molar-refractivity contribution in [2.45, 2.75) is 77.2 Å². The number of carbonyl (C=O) groups is 2. The number of non-ortho nitro benzene ring substituents is 1. The fourth-order valence-electron chi connectivity index (χ4n) is 5.58. The molecule has 3 heterocycles. The standard InChI is InChI=1S/C30H36N4O7/c1-19-15-21-17-31-33(27-7-5-6-14-39-27)25(21)16-24(19)23-12-13-32(29(36)41-30(2,3)4)18-26(23)40-28(35)20-8-10-22(11-9-20)34(37)38/h8-11,15-17,23,26-27H,5-7,12-14,18H2,1-4H3. The molecule has 11 nitrogen and oxygen atoms in total. The average molecular weight is 565 g/mol. The van der Waals surface area contributed by atoms with Crippen LogP contribution < -0.4 is 0 Å². The first-order valence-corrected chi connectivity index (χ1v) is 14.0. The molecule has 1 aromatic heterocycles. The van der Waals surface area contributed by atoms with Gasteiger partial charge in [0, 0.05) is 36.6 Å². The lowest BCUT2D eigenvalue weighted by Gasteiger charge is -2.39. The molecule has 2 aliphatic heterocycles. The molecule has 11 heteroatoms. The summed E-state index contributed by atoms with van der Waals surface area (Å²) in [6.07, 6.45) is 4.15. The third-order valence-electron chi connectivity index (χ3n) is 7.59. The zero-order chi connectivity index (χ0) is 29.3. The molecule has 0 bridgehead atoms. The number of benzene rings is 2. The van der Waals surface area contributed by atoms with Crippen molar-refractivity contribution in [3.8, 4) is 0 Å². The van der Waals surface area contributed by atoms with Crippen molar-refractivity contribution in [3.05, 3.63) is 69.4 Å². The van der Waals surface area contributed by atoms with Gasteiger partial charge in [-0.05, 0) is 88.8 Å². The Labute approximate surface area is 238 Å². The molecular weight excluding hydrogens is 528 g/mol. The Morgan fingerprint density at radius 3 is 2.54 bits per heavy atom. The van der Waals surface area contributed by atoms with Crippen LogP contribution in [0, 0.1) is 17.0 Å². The zero-order valence-electron chi connectivity index (χ0n) is 23.9. The summed E-state index contributed by atoms with van der Waals surface area (Å²) in [6, 6.07) is 9.50. The predicted octanol–water partition coefficient (Wildman–Crippen LogP) is 5.90. The monoisotopic (exact) mass is 564 g/mol. The van der Waals surface area contributed by atoms with Gasteiger partial charge in [-0.25, -0.2) is 14.3 Å². The van der Waals surface area contributed by atoms with Crippen LogP contribution in [0.5, 0.6) is 0 Å². The Balaban J connectivity index is 1.46. The predicted molar refractivity (Wildman–Crippen MR) is 151 cm³/mol. The van der Waals surface area contributed by atoms with E-state index in [9.17, 15) is 19.7 Å². The lowest BCUT2D eigenvalue weighted by atomic mass is 9.84. The van der Waals surface area contributed by atoms with Crippen LogP contribution in [0.25, 0.3) is 10.9 Å². The highest BCUT2D eigenvalue weighted by Crippen LogP contribution is 2.37. The summed E-state index contributed by atoms with van der Waals surface area (Å²) in [5, 5.41) is 16.7. The summed E-state index contributed by atoms with van der Waals surface area (Å²) in [5.41, 5.74) is 2.42. The Hall–Kier alpha value is -3.99. The topological polar surface area (TPSA) is 126 Å². The number of nitro groups is 1. The third-order valence-corrected chi connectivity index (χ3v) is 7.59. The van der Waals surface area contributed by atoms with Crippen LogP contribution in [0.3, 0.4) is 0 Å². The quantitative estimate of drug-likeness (QED) is 0.213. The molecule has 5 rings (SSSR count). The second-order valence-electron chi connectivity index (χ2n) is 11.7. The van der Waals surface area contributed by atoms with E-state index in [-0.39, 0.29) is 29.9 Å². The molecule has 0 aliphatic carbocycles. The summed E-state index contributed by atoms with van der Waals surface area (Å²) in [7, 11) is 0. The largest absolute Gasteiger partial charge is 0.456 e. The van der Waals surface area contributed by atoms with Gasteiger partial charge >= 0.3 is 12.1 Å². The van der Waals surface area contributed by atoms with E-state index in [1.807, 2.05) is 38.6 Å². The van der Waals surface area contributed by atoms with Crippen LogP contribution in [0.15, 0.2) is 42.6 Å². The number of piperidine rings is 1. The number of hydrogen-bond acceptors (Lipinski definition) is 8. The molecule has 0 N–H and O–H groups in total. The van der Waals surface area contributed by atoms with E-state index in [1.54, 1.807) is 4.90 Å². The molecule has 2 saturated heterocycles. The van der Waals surface area contributed by atoms with Gasteiger partial charge in [0.1, 0.15) is 11.7 Å². The van der Waals surface area contributed by atoms with E-state index in [0.717, 1.165) is 41.3 Å². The fraction of sp³-hybridized carbons (Fsp3) is 0.500. The van der Waals surface area contributed by atoms with Gasteiger partial charge in [0.2, 0.25) is 0 Å². The number of carbonyl (C=O) groups excluding carboxylic acids is 2. The lowest BCUT2D eigenvalue weighted by molar-refractivity contribution is -0.384. The Kier molecular flexibility index (Phi) is 7.99. The van der Waals surface area contributed by atoms with Gasteiger partial charge in [-0.2, -0.15) is 5.10 Å². The van der Waals surface area contributed by atoms with E-state index in [0.29, 0.717) is 19.6 Å². The maximum Gasteiger partial charge on any atom is 0.410 e. The molecule has 2 fully saturated rings. The minimum absolute atomic E-state index is 0.115. The number of fused-ring (bicyclic) bond motifs is 1. The number of nitro benzene ring substituents is 1. The highest BCUT2D eigenvalue weighted by molar-refractivity contribution is 5.90. The van der Waals surface area contributed by atoms with Gasteiger partial charge in [0.05, 0.1) is 28.7 Å². The second kappa shape index (κ2) is 11.5. The average Bonchev–Trinajstić information content (AvgIpc) is 3.34. The molecule has 2 aliphatic rings. The van der Waals surface area contributed by atoms with Crippen molar-refractivity contribution in [1.82, 2.24) is 14.7 Å². The Morgan fingerprint density at radius 2 is 1.88 bits per heavy atom. The molecule has 3 atom stereocenters. The van der Waals surface area contributed by atoms with Gasteiger partial charge in [0.25, 0.3) is 5.69 Å². The summed E-state index contributed by atoms with van der Waals surface area (Å²) in [4.78, 5) is 38.3. The van der Waals surface area contributed by atoms with Gasteiger partial charge in [-0.3, -0.25) is 10.1 Å². The smallest absolute Gasteiger partial charge is 0.410 e. The fourth-order valence-corrected chi connectivity index (χ4v) is 5.58. The number of likely N-dealkylation sites (tertiary alicyclic amines) is 1. The first-order chi connectivity index (χ1) is 19.5. The number of aryl methyl sites for hydroxylation is 1. The van der Waals surface area contributed by atoms with Crippen LogP contribution in [0.2, 0.25) is 0 Å². The number of nitrogens with zero attached hydrogens (tertiary/aromatic N) is 4. The molecular formula is C30H36N4O7. The van der Waals surface area contributed by atoms with Crippen LogP contribution >= 0.6 is 0 Å². The van der Waals surface area contributed by atoms with Gasteiger partial charge < -0.3 is 19.1 Å². The lowest BCUT2D eigenvalue weighted by Crippen LogP contribution is -2.49. The van der Waals surface area contributed by atoms with Crippen molar-refractivity contribution in [1.29, 1.82) is 0 Å². The summed E-state index contributed by atoms with van der Waals surface area (Å²) in [5.74, 6) is -0.809. The molecule has 0 radical (unpaired) electrons. The van der Waals surface area contributed by atoms with Gasteiger partial charge in [0.15, 0.2) is 6.23 Å². The molecule has 41 heavy (non-hydrogen) atoms. The zero-order valence-corrected chi connectivity index (χ0v) is 23.9. The first kappa shape index (κ1) is 28.5. The molecule has 1 amide bonds. The number of hydrogen-bond donors (Lipinski definition) is 0. The molecule has 0 spiro atoms. The molecule has 218 valence electrons. The summed E-state index contributed by atoms with van der Waals surface area (Å²) >= 11 is 0. The number of ether oxygens (including phenoxy) is 3. The van der Waals surface area contributed by atoms with Gasteiger partial charge in [-0.15, -0.1) is 0 Å². The summed E-state index contributed by atoms with van der Waals surface area (Å²) in [6.45, 7) is 8.74. The number of rotatable bonds is 5. The normalized spacial score (nSPS) is 21.5. The summed E-state index contributed by atoms with van der Waals surface area (Å²) < 4.78 is 19.6. The van der Waals surface area contributed by atoms with Crippen molar-refractivity contribution in [2.24, 2.45) is 0 Å². The van der Waals surface area contributed by atoms with E-state index in [1.165, 1.54) is 24.3 Å². The van der Waals surface area contributed by atoms with E-state index >= 15 is 0 Å². The maximum absolute atomic E-state index is 13.2.